The summed E-state index contributed by atoms with van der Waals surface area (Å²) in [6.45, 7) is 2.11. The lowest BCUT2D eigenvalue weighted by Crippen LogP contribution is -2.12. The van der Waals surface area contributed by atoms with Crippen LogP contribution in [0.3, 0.4) is 0 Å². The third kappa shape index (κ3) is 3.35. The summed E-state index contributed by atoms with van der Waals surface area (Å²) in [5.74, 6) is 0. The molecule has 1 nitrogen and oxygen atoms in total. The van der Waals surface area contributed by atoms with E-state index in [-0.39, 0.29) is 0 Å². The van der Waals surface area contributed by atoms with Gasteiger partial charge in [-0.25, -0.2) is 0 Å². The third-order valence-corrected chi connectivity index (χ3v) is 5.38. The molecule has 2 aromatic rings. The smallest absolute Gasteiger partial charge is 0.0634 e. The van der Waals surface area contributed by atoms with E-state index in [0.717, 1.165) is 14.6 Å². The highest BCUT2D eigenvalue weighted by molar-refractivity contribution is 9.11. The Balaban J connectivity index is 1.95. The van der Waals surface area contributed by atoms with Crippen LogP contribution in [-0.2, 0) is 6.42 Å². The van der Waals surface area contributed by atoms with Crippen molar-refractivity contribution in [3.05, 3.63) is 62.0 Å². The summed E-state index contributed by atoms with van der Waals surface area (Å²) in [4.78, 5) is 0. The normalized spacial score (nSPS) is 18.0. The number of aryl methyl sites for hydroxylation is 2. The molecule has 1 unspecified atom stereocenters. The van der Waals surface area contributed by atoms with Crippen molar-refractivity contribution in [2.24, 2.45) is 0 Å². The Morgan fingerprint density at radius 3 is 2.52 bits per heavy atom. The van der Waals surface area contributed by atoms with E-state index in [9.17, 15) is 0 Å². The van der Waals surface area contributed by atoms with Crippen LogP contribution in [0.25, 0.3) is 0 Å². The zero-order valence-electron chi connectivity index (χ0n) is 12.1. The van der Waals surface area contributed by atoms with Gasteiger partial charge in [-0.3, -0.25) is 0 Å². The van der Waals surface area contributed by atoms with Crippen LogP contribution >= 0.6 is 31.9 Å². The van der Waals surface area contributed by atoms with Gasteiger partial charge in [0.15, 0.2) is 0 Å². The lowest BCUT2D eigenvalue weighted by Gasteiger charge is -2.22. The predicted molar refractivity (Wildman–Crippen MR) is 96.9 cm³/mol. The maximum absolute atomic E-state index is 3.75. The van der Waals surface area contributed by atoms with E-state index in [1.165, 1.54) is 42.4 Å². The number of fused-ring (bicyclic) bond motifs is 1. The van der Waals surface area contributed by atoms with Gasteiger partial charge in [-0.05, 0) is 86.9 Å². The number of hydrogen-bond acceptors (Lipinski definition) is 1. The minimum Gasteiger partial charge on any atom is -0.376 e. The molecular weight excluding hydrogens is 390 g/mol. The molecule has 1 aliphatic rings. The molecule has 0 aromatic heterocycles. The van der Waals surface area contributed by atoms with Crippen molar-refractivity contribution in [2.75, 3.05) is 5.32 Å². The highest BCUT2D eigenvalue weighted by Crippen LogP contribution is 2.38. The Bertz CT molecular complexity index is 628. The summed E-state index contributed by atoms with van der Waals surface area (Å²) in [6.07, 6.45) is 4.94. The van der Waals surface area contributed by atoms with Crippen LogP contribution in [0.4, 0.5) is 5.69 Å². The lowest BCUT2D eigenvalue weighted by atomic mass is 9.99. The molecule has 1 N–H and O–H groups in total. The monoisotopic (exact) mass is 407 g/mol. The Morgan fingerprint density at radius 2 is 1.76 bits per heavy atom. The van der Waals surface area contributed by atoms with Crippen LogP contribution in [0.15, 0.2) is 45.3 Å². The number of hydrogen-bond donors (Lipinski definition) is 1. The Labute approximate surface area is 143 Å². The molecule has 3 rings (SSSR count). The van der Waals surface area contributed by atoms with Gasteiger partial charge in [0, 0.05) is 8.95 Å². The van der Waals surface area contributed by atoms with Crippen molar-refractivity contribution in [3.8, 4) is 0 Å². The van der Waals surface area contributed by atoms with Crippen molar-refractivity contribution < 1.29 is 0 Å². The van der Waals surface area contributed by atoms with Gasteiger partial charge in [0.1, 0.15) is 0 Å². The van der Waals surface area contributed by atoms with Crippen LogP contribution in [0.5, 0.6) is 0 Å². The first-order valence-electron chi connectivity index (χ1n) is 7.45. The molecule has 1 aliphatic carbocycles. The standard InChI is InChI=1S/C18H19Br2N/c1-12-10-15(19)18(16(20)11-12)21-17-9-5-3-7-13-6-2-4-8-14(13)17/h2,4,6,8,10-11,17,21H,3,5,7,9H2,1H3. The van der Waals surface area contributed by atoms with Crippen LogP contribution in [0.2, 0.25) is 0 Å². The van der Waals surface area contributed by atoms with Gasteiger partial charge in [-0.15, -0.1) is 0 Å². The zero-order valence-corrected chi connectivity index (χ0v) is 15.3. The second kappa shape index (κ2) is 6.53. The maximum atomic E-state index is 3.75. The number of halogens is 2. The molecule has 0 spiro atoms. The summed E-state index contributed by atoms with van der Waals surface area (Å²) in [5, 5.41) is 3.75. The Kier molecular flexibility index (Phi) is 4.70. The Morgan fingerprint density at radius 1 is 1.05 bits per heavy atom. The first-order chi connectivity index (χ1) is 10.1. The van der Waals surface area contributed by atoms with Crippen LogP contribution in [0, 0.1) is 6.92 Å². The second-order valence-corrected chi connectivity index (χ2v) is 7.45. The average molecular weight is 409 g/mol. The molecule has 0 saturated carbocycles. The highest BCUT2D eigenvalue weighted by Gasteiger charge is 2.19. The number of anilines is 1. The molecule has 0 heterocycles. The fourth-order valence-corrected chi connectivity index (χ4v) is 4.73. The summed E-state index contributed by atoms with van der Waals surface area (Å²) in [7, 11) is 0. The van der Waals surface area contributed by atoms with E-state index in [1.807, 2.05) is 0 Å². The second-order valence-electron chi connectivity index (χ2n) is 5.75. The third-order valence-electron chi connectivity index (χ3n) is 4.12. The largest absolute Gasteiger partial charge is 0.376 e. The molecule has 0 aliphatic heterocycles. The summed E-state index contributed by atoms with van der Waals surface area (Å²) < 4.78 is 2.24. The van der Waals surface area contributed by atoms with Crippen molar-refractivity contribution in [3.63, 3.8) is 0 Å². The van der Waals surface area contributed by atoms with Gasteiger partial charge in [0.2, 0.25) is 0 Å². The van der Waals surface area contributed by atoms with Crippen molar-refractivity contribution >= 4 is 37.5 Å². The van der Waals surface area contributed by atoms with Crippen LogP contribution in [0.1, 0.15) is 42.0 Å². The summed E-state index contributed by atoms with van der Waals surface area (Å²) >= 11 is 7.38. The quantitative estimate of drug-likeness (QED) is 0.566. The molecule has 0 fully saturated rings. The average Bonchev–Trinajstić information content (AvgIpc) is 2.65. The number of benzene rings is 2. The molecule has 110 valence electrons. The molecule has 0 saturated heterocycles. The molecule has 0 bridgehead atoms. The van der Waals surface area contributed by atoms with Gasteiger partial charge >= 0.3 is 0 Å². The van der Waals surface area contributed by atoms with Crippen molar-refractivity contribution in [1.29, 1.82) is 0 Å². The van der Waals surface area contributed by atoms with Gasteiger partial charge in [0.25, 0.3) is 0 Å². The van der Waals surface area contributed by atoms with Gasteiger partial charge in [0.05, 0.1) is 11.7 Å². The molecule has 0 amide bonds. The first kappa shape index (κ1) is 15.1. The minimum absolute atomic E-state index is 0.388. The van der Waals surface area contributed by atoms with Crippen molar-refractivity contribution in [1.82, 2.24) is 0 Å². The van der Waals surface area contributed by atoms with E-state index in [2.05, 4.69) is 80.5 Å². The highest BCUT2D eigenvalue weighted by atomic mass is 79.9. The molecule has 1 atom stereocenters. The first-order valence-corrected chi connectivity index (χ1v) is 9.04. The zero-order chi connectivity index (χ0) is 14.8. The molecule has 21 heavy (non-hydrogen) atoms. The van der Waals surface area contributed by atoms with E-state index in [1.54, 1.807) is 0 Å². The van der Waals surface area contributed by atoms with Gasteiger partial charge in [-0.2, -0.15) is 0 Å². The summed E-state index contributed by atoms with van der Waals surface area (Å²) in [5.41, 5.74) is 5.35. The van der Waals surface area contributed by atoms with E-state index >= 15 is 0 Å². The van der Waals surface area contributed by atoms with Gasteiger partial charge < -0.3 is 5.32 Å². The molecule has 2 aromatic carbocycles. The molecular formula is C18H19Br2N. The topological polar surface area (TPSA) is 12.0 Å². The SMILES string of the molecule is Cc1cc(Br)c(NC2CCCCc3ccccc32)c(Br)c1. The molecule has 0 radical (unpaired) electrons. The predicted octanol–water partition coefficient (Wildman–Crippen LogP) is 6.40. The lowest BCUT2D eigenvalue weighted by molar-refractivity contribution is 0.644. The van der Waals surface area contributed by atoms with E-state index in [4.69, 9.17) is 0 Å². The maximum Gasteiger partial charge on any atom is 0.0634 e. The number of rotatable bonds is 2. The minimum atomic E-state index is 0.388. The number of nitrogens with one attached hydrogen (secondary N) is 1. The van der Waals surface area contributed by atoms with Crippen molar-refractivity contribution in [2.45, 2.75) is 38.6 Å². The summed E-state index contributed by atoms with van der Waals surface area (Å²) in [6, 6.07) is 13.6. The van der Waals surface area contributed by atoms with Crippen LogP contribution < -0.4 is 5.32 Å². The van der Waals surface area contributed by atoms with Crippen LogP contribution in [-0.4, -0.2) is 0 Å². The van der Waals surface area contributed by atoms with Gasteiger partial charge in [-0.1, -0.05) is 30.7 Å². The fraction of sp³-hybridized carbons (Fsp3) is 0.333. The molecule has 3 heteroatoms. The van der Waals surface area contributed by atoms with E-state index < -0.39 is 0 Å². The van der Waals surface area contributed by atoms with E-state index in [0.29, 0.717) is 6.04 Å². The fourth-order valence-electron chi connectivity index (χ4n) is 3.08. The Hall–Kier alpha value is -0.800.